The van der Waals surface area contributed by atoms with Crippen molar-refractivity contribution >= 4 is 17.8 Å². The number of carbonyl (C=O) groups is 2. The first kappa shape index (κ1) is 27.3. The Labute approximate surface area is 227 Å². The van der Waals surface area contributed by atoms with Gasteiger partial charge in [-0.25, -0.2) is 0 Å². The van der Waals surface area contributed by atoms with E-state index in [-0.39, 0.29) is 12.1 Å². The van der Waals surface area contributed by atoms with E-state index in [2.05, 4.69) is 0 Å². The minimum absolute atomic E-state index is 0.0222. The van der Waals surface area contributed by atoms with Gasteiger partial charge in [-0.05, 0) is 54.0 Å². The molecule has 0 spiro atoms. The minimum Gasteiger partial charge on any atom is -0.503 e. The van der Waals surface area contributed by atoms with Gasteiger partial charge >= 0.3 is 0 Å². The van der Waals surface area contributed by atoms with Gasteiger partial charge in [-0.2, -0.15) is 0 Å². The first-order valence-electron chi connectivity index (χ1n) is 12.4. The molecule has 3 aromatic rings. The lowest BCUT2D eigenvalue weighted by Crippen LogP contribution is -2.33. The number of methoxy groups -OCH3 is 4. The SMILES string of the molecule is COc1ccc(OC)c([C@@H]2C(C(=O)/C=C/c3ccccc3)=C(O)C(=O)N2CCc2ccc(OC)c(OC)c2)c1. The molecule has 1 atom stereocenters. The summed E-state index contributed by atoms with van der Waals surface area (Å²) in [5.74, 6) is 0.439. The third kappa shape index (κ3) is 5.75. The van der Waals surface area contributed by atoms with Gasteiger partial charge in [-0.3, -0.25) is 9.59 Å². The monoisotopic (exact) mass is 529 g/mol. The molecule has 1 aliphatic rings. The molecule has 0 aliphatic carbocycles. The number of benzene rings is 3. The quantitative estimate of drug-likeness (QED) is 0.352. The maximum Gasteiger partial charge on any atom is 0.290 e. The zero-order valence-corrected chi connectivity index (χ0v) is 22.3. The highest BCUT2D eigenvalue weighted by atomic mass is 16.5. The van der Waals surface area contributed by atoms with E-state index in [0.717, 1.165) is 11.1 Å². The summed E-state index contributed by atoms with van der Waals surface area (Å²) in [5, 5.41) is 11.0. The molecule has 8 nitrogen and oxygen atoms in total. The Morgan fingerprint density at radius 2 is 1.56 bits per heavy atom. The fourth-order valence-electron chi connectivity index (χ4n) is 4.62. The van der Waals surface area contributed by atoms with E-state index < -0.39 is 23.5 Å². The lowest BCUT2D eigenvalue weighted by molar-refractivity contribution is -0.129. The molecule has 3 aromatic carbocycles. The van der Waals surface area contributed by atoms with E-state index in [9.17, 15) is 14.7 Å². The number of aliphatic hydroxyl groups excluding tert-OH is 1. The summed E-state index contributed by atoms with van der Waals surface area (Å²) in [7, 11) is 6.16. The molecular formula is C31H31NO7. The molecule has 0 fully saturated rings. The van der Waals surface area contributed by atoms with Gasteiger partial charge in [-0.1, -0.05) is 42.5 Å². The molecule has 0 saturated carbocycles. The average Bonchev–Trinajstić information content (AvgIpc) is 3.23. The lowest BCUT2D eigenvalue weighted by Gasteiger charge is -2.28. The van der Waals surface area contributed by atoms with E-state index in [1.807, 2.05) is 42.5 Å². The second-order valence-corrected chi connectivity index (χ2v) is 8.82. The molecule has 1 aliphatic heterocycles. The zero-order valence-electron chi connectivity index (χ0n) is 22.3. The summed E-state index contributed by atoms with van der Waals surface area (Å²) in [6, 6.07) is 19.1. The third-order valence-electron chi connectivity index (χ3n) is 6.62. The predicted octanol–water partition coefficient (Wildman–Crippen LogP) is 4.94. The third-order valence-corrected chi connectivity index (χ3v) is 6.62. The number of amides is 1. The Hall–Kier alpha value is -4.72. The highest BCUT2D eigenvalue weighted by Gasteiger charge is 2.44. The Morgan fingerprint density at radius 3 is 2.23 bits per heavy atom. The molecule has 0 aromatic heterocycles. The van der Waals surface area contributed by atoms with Crippen LogP contribution in [0.2, 0.25) is 0 Å². The molecule has 4 rings (SSSR count). The van der Waals surface area contributed by atoms with Crippen molar-refractivity contribution in [2.75, 3.05) is 35.0 Å². The Morgan fingerprint density at radius 1 is 0.872 bits per heavy atom. The van der Waals surface area contributed by atoms with E-state index in [0.29, 0.717) is 35.0 Å². The van der Waals surface area contributed by atoms with Crippen LogP contribution < -0.4 is 18.9 Å². The zero-order chi connectivity index (χ0) is 27.9. The molecular weight excluding hydrogens is 498 g/mol. The molecule has 0 radical (unpaired) electrons. The summed E-state index contributed by atoms with van der Waals surface area (Å²) in [6.45, 7) is 0.211. The van der Waals surface area contributed by atoms with Crippen molar-refractivity contribution in [3.05, 3.63) is 101 Å². The maximum absolute atomic E-state index is 13.5. The van der Waals surface area contributed by atoms with Crippen molar-refractivity contribution in [2.45, 2.75) is 12.5 Å². The molecule has 8 heteroatoms. The van der Waals surface area contributed by atoms with Gasteiger partial charge in [0.25, 0.3) is 5.91 Å². The van der Waals surface area contributed by atoms with Crippen LogP contribution in [0.4, 0.5) is 0 Å². The van der Waals surface area contributed by atoms with E-state index in [1.165, 1.54) is 25.2 Å². The van der Waals surface area contributed by atoms with Gasteiger partial charge in [0.05, 0.1) is 40.1 Å². The minimum atomic E-state index is -0.893. The standard InChI is InChI=1S/C31H31NO7/c1-36-22-12-15-25(37-2)23(19-22)29-28(24(33)13-10-20-8-6-5-7-9-20)30(34)31(35)32(29)17-16-21-11-14-26(38-3)27(18-21)39-4/h5-15,18-19,29,34H,16-17H2,1-4H3/b13-10+/t29-/m1/s1. The van der Waals surface area contributed by atoms with E-state index in [4.69, 9.17) is 18.9 Å². The maximum atomic E-state index is 13.5. The van der Waals surface area contributed by atoms with Crippen molar-refractivity contribution in [1.82, 2.24) is 4.90 Å². The molecule has 0 saturated heterocycles. The molecule has 1 amide bonds. The van der Waals surface area contributed by atoms with Crippen molar-refractivity contribution in [3.63, 3.8) is 0 Å². The van der Waals surface area contributed by atoms with Crippen LogP contribution in [-0.4, -0.2) is 56.7 Å². The normalized spacial score (nSPS) is 15.1. The summed E-state index contributed by atoms with van der Waals surface area (Å²) < 4.78 is 21.7. The van der Waals surface area contributed by atoms with Crippen molar-refractivity contribution < 1.29 is 33.6 Å². The molecule has 0 bridgehead atoms. The van der Waals surface area contributed by atoms with Crippen LogP contribution in [-0.2, 0) is 16.0 Å². The van der Waals surface area contributed by atoms with E-state index in [1.54, 1.807) is 44.6 Å². The van der Waals surface area contributed by atoms with Crippen molar-refractivity contribution in [2.24, 2.45) is 0 Å². The van der Waals surface area contributed by atoms with Crippen LogP contribution in [0.25, 0.3) is 6.08 Å². The van der Waals surface area contributed by atoms with Gasteiger partial charge in [0.15, 0.2) is 23.0 Å². The second kappa shape index (κ2) is 12.2. The molecule has 1 N–H and O–H groups in total. The lowest BCUT2D eigenvalue weighted by atomic mass is 9.94. The first-order valence-corrected chi connectivity index (χ1v) is 12.4. The van der Waals surface area contributed by atoms with E-state index >= 15 is 0 Å². The Bertz CT molecular complexity index is 1410. The van der Waals surface area contributed by atoms with Gasteiger partial charge in [0.1, 0.15) is 11.5 Å². The van der Waals surface area contributed by atoms with Crippen molar-refractivity contribution in [3.8, 4) is 23.0 Å². The number of nitrogens with zero attached hydrogens (tertiary/aromatic N) is 1. The number of hydrogen-bond donors (Lipinski definition) is 1. The number of allylic oxidation sites excluding steroid dienone is 1. The number of ether oxygens (including phenoxy) is 4. The van der Waals surface area contributed by atoms with Gasteiger partial charge < -0.3 is 29.0 Å². The highest BCUT2D eigenvalue weighted by molar-refractivity contribution is 6.14. The second-order valence-electron chi connectivity index (χ2n) is 8.82. The van der Waals surface area contributed by atoms with Crippen LogP contribution in [0.15, 0.2) is 84.1 Å². The van der Waals surface area contributed by atoms with Gasteiger partial charge in [0.2, 0.25) is 0 Å². The van der Waals surface area contributed by atoms with Crippen LogP contribution in [0.3, 0.4) is 0 Å². The number of hydrogen-bond acceptors (Lipinski definition) is 7. The highest BCUT2D eigenvalue weighted by Crippen LogP contribution is 2.43. The first-order chi connectivity index (χ1) is 18.9. The summed E-state index contributed by atoms with van der Waals surface area (Å²) in [5.41, 5.74) is 2.21. The fraction of sp³-hybridized carbons (Fsp3) is 0.226. The van der Waals surface area contributed by atoms with Crippen LogP contribution in [0, 0.1) is 0 Å². The Balaban J connectivity index is 1.73. The number of aliphatic hydroxyl groups is 1. The number of ketones is 1. The number of carbonyl (C=O) groups excluding carboxylic acids is 2. The topological polar surface area (TPSA) is 94.5 Å². The Kier molecular flexibility index (Phi) is 8.56. The number of rotatable bonds is 11. The summed E-state index contributed by atoms with van der Waals surface area (Å²) in [6.07, 6.45) is 3.45. The molecule has 0 unspecified atom stereocenters. The van der Waals surface area contributed by atoms with Crippen molar-refractivity contribution in [1.29, 1.82) is 0 Å². The van der Waals surface area contributed by atoms with Crippen LogP contribution in [0.5, 0.6) is 23.0 Å². The van der Waals surface area contributed by atoms with Gasteiger partial charge in [-0.15, -0.1) is 0 Å². The predicted molar refractivity (Wildman–Crippen MR) is 147 cm³/mol. The summed E-state index contributed by atoms with van der Waals surface area (Å²) >= 11 is 0. The van der Waals surface area contributed by atoms with Crippen LogP contribution >= 0.6 is 0 Å². The smallest absolute Gasteiger partial charge is 0.290 e. The molecule has 1 heterocycles. The van der Waals surface area contributed by atoms with Crippen LogP contribution in [0.1, 0.15) is 22.7 Å². The largest absolute Gasteiger partial charge is 0.503 e. The average molecular weight is 530 g/mol. The van der Waals surface area contributed by atoms with Gasteiger partial charge in [0, 0.05) is 12.1 Å². The summed E-state index contributed by atoms with van der Waals surface area (Å²) in [4.78, 5) is 28.4. The molecule has 202 valence electrons. The fourth-order valence-corrected chi connectivity index (χ4v) is 4.62. The molecule has 39 heavy (non-hydrogen) atoms.